The molecule has 0 saturated carbocycles. The van der Waals surface area contributed by atoms with Crippen LogP contribution in [0.5, 0.6) is 0 Å². The minimum atomic E-state index is -5.59. The fourth-order valence-electron chi connectivity index (χ4n) is 4.17. The highest BCUT2D eigenvalue weighted by molar-refractivity contribution is 6.08. The van der Waals surface area contributed by atoms with E-state index in [9.17, 15) is 56.2 Å². The van der Waals surface area contributed by atoms with Crippen molar-refractivity contribution in [2.75, 3.05) is 0 Å². The second-order valence-electron chi connectivity index (χ2n) is 7.64. The van der Waals surface area contributed by atoms with Gasteiger partial charge in [0.05, 0.1) is 35.9 Å². The van der Waals surface area contributed by atoms with Gasteiger partial charge in [-0.05, 0) is 0 Å². The Labute approximate surface area is 217 Å². The molecule has 16 heteroatoms. The first-order chi connectivity index (χ1) is 18.8. The van der Waals surface area contributed by atoms with Crippen molar-refractivity contribution in [2.24, 2.45) is 0 Å². The van der Waals surface area contributed by atoms with Crippen LogP contribution in [0, 0.1) is 57.0 Å². The molecule has 0 radical (unpaired) electrons. The molecule has 0 spiro atoms. The third-order valence-corrected chi connectivity index (χ3v) is 5.45. The normalized spacial score (nSPS) is 15.0. The highest BCUT2D eigenvalue weighted by Crippen LogP contribution is 2.62. The Morgan fingerprint density at radius 1 is 0.525 bits per heavy atom. The molecule has 40 heavy (non-hydrogen) atoms. The van der Waals surface area contributed by atoms with E-state index in [-0.39, 0.29) is 0 Å². The van der Waals surface area contributed by atoms with Gasteiger partial charge in [0.25, 0.3) is 0 Å². The van der Waals surface area contributed by atoms with Gasteiger partial charge in [-0.3, -0.25) is 0 Å². The molecule has 8 nitrogen and oxygen atoms in total. The molecule has 0 amide bonds. The van der Waals surface area contributed by atoms with Crippen LogP contribution in [0.4, 0.5) is 35.1 Å². The first-order valence-corrected chi connectivity index (χ1v) is 10.2. The summed E-state index contributed by atoms with van der Waals surface area (Å²) in [7, 11) is 0. The highest BCUT2D eigenvalue weighted by Gasteiger charge is 2.57. The van der Waals surface area contributed by atoms with E-state index in [1.165, 1.54) is 24.3 Å². The van der Waals surface area contributed by atoms with E-state index in [4.69, 9.17) is 0 Å². The number of alkyl halides is 6. The Balaban J connectivity index is 2.34. The minimum Gasteiger partial charge on any atom is -0.233 e. The number of halogens is 8. The lowest BCUT2D eigenvalue weighted by Crippen LogP contribution is -2.18. The summed E-state index contributed by atoms with van der Waals surface area (Å²) in [6, 6.07) is 4.93. The maximum atomic E-state index is 14.7. The minimum absolute atomic E-state index is 0.397. The van der Waals surface area contributed by atoms with Crippen molar-refractivity contribution in [3.8, 4) is 24.3 Å². The van der Waals surface area contributed by atoms with Crippen LogP contribution in [0.2, 0.25) is 0 Å². The Kier molecular flexibility index (Phi) is 6.51. The zero-order valence-electron chi connectivity index (χ0n) is 18.9. The van der Waals surface area contributed by atoms with Crippen LogP contribution < -0.4 is 0 Å². The Morgan fingerprint density at radius 3 is 1.02 bits per heavy atom. The number of hydrogen-bond donors (Lipinski definition) is 0. The van der Waals surface area contributed by atoms with Crippen molar-refractivity contribution in [1.29, 1.82) is 21.0 Å². The van der Waals surface area contributed by atoms with Crippen LogP contribution in [0.25, 0.3) is 11.1 Å². The summed E-state index contributed by atoms with van der Waals surface area (Å²) in [5.74, 6) is -4.30. The van der Waals surface area contributed by atoms with Gasteiger partial charge in [0.15, 0.2) is 23.3 Å². The van der Waals surface area contributed by atoms with Gasteiger partial charge >= 0.3 is 12.4 Å². The monoisotopic (exact) mass is 556 g/mol. The van der Waals surface area contributed by atoms with Gasteiger partial charge in [-0.25, -0.2) is 28.7 Å². The summed E-state index contributed by atoms with van der Waals surface area (Å²) < 4.78 is 115. The smallest absolute Gasteiger partial charge is 0.233 e. The Morgan fingerprint density at radius 2 is 0.800 bits per heavy atom. The molecule has 4 rings (SSSR count). The summed E-state index contributed by atoms with van der Waals surface area (Å²) in [6.07, 6.45) is -9.60. The molecule has 196 valence electrons. The summed E-state index contributed by atoms with van der Waals surface area (Å²) in [6.45, 7) is 0. The molecule has 2 heterocycles. The topological polar surface area (TPSA) is 147 Å². The number of allylic oxidation sites excluding steroid dienone is 10. The maximum Gasteiger partial charge on any atom is 0.417 e. The second kappa shape index (κ2) is 9.53. The van der Waals surface area contributed by atoms with Crippen molar-refractivity contribution >= 4 is 11.1 Å². The van der Waals surface area contributed by atoms with Crippen molar-refractivity contribution in [3.63, 3.8) is 0 Å². The van der Waals surface area contributed by atoms with E-state index < -0.39 is 91.4 Å². The van der Waals surface area contributed by atoms with Crippen molar-refractivity contribution in [2.45, 2.75) is 12.4 Å². The van der Waals surface area contributed by atoms with E-state index in [0.29, 0.717) is 24.8 Å². The number of aromatic nitrogens is 4. The molecule has 0 N–H and O–H groups in total. The van der Waals surface area contributed by atoms with Crippen LogP contribution >= 0.6 is 0 Å². The van der Waals surface area contributed by atoms with Gasteiger partial charge in [-0.1, -0.05) is 0 Å². The summed E-state index contributed by atoms with van der Waals surface area (Å²) in [5, 5.41) is 38.1. The second-order valence-corrected chi connectivity index (χ2v) is 7.64. The number of rotatable bonds is 2. The van der Waals surface area contributed by atoms with Crippen LogP contribution in [0.3, 0.4) is 0 Å². The van der Waals surface area contributed by atoms with Crippen LogP contribution in [-0.2, 0) is 0 Å². The van der Waals surface area contributed by atoms with Crippen LogP contribution in [0.15, 0.2) is 69.4 Å². The molecule has 0 aliphatic heterocycles. The lowest BCUT2D eigenvalue weighted by atomic mass is 9.88. The molecule has 2 aromatic heterocycles. The molecule has 0 unspecified atom stereocenters. The van der Waals surface area contributed by atoms with E-state index >= 15 is 0 Å². The summed E-state index contributed by atoms with van der Waals surface area (Å²) >= 11 is 0. The summed E-state index contributed by atoms with van der Waals surface area (Å²) in [5.41, 5.74) is -14.3. The standard InChI is InChI=1S/C24H4F8N8/c25-11-5-37-21(38-6-11)17-13(9(1-33)2-34)15-16(20(17)24(30,31)32)14(10(3-35)4-36)18(19(15)23(27,28)29)22-39-7-12(26)8-40-22/h5-8H. The SMILES string of the molecule is N#CC(C#N)=C1C2=C(C(=C(C#N)C#N)C(c3ncc(F)cn3)=C2C(F)(F)F)C(C(F)(F)F)=C1c1ncc(F)cn1. The summed E-state index contributed by atoms with van der Waals surface area (Å²) in [4.78, 5) is 13.6. The van der Waals surface area contributed by atoms with Gasteiger partial charge in [0.2, 0.25) is 0 Å². The molecule has 0 saturated heterocycles. The molecule has 2 aliphatic carbocycles. The average molecular weight is 556 g/mol. The van der Waals surface area contributed by atoms with Gasteiger partial charge < -0.3 is 0 Å². The molecule has 0 atom stereocenters. The molecule has 2 aliphatic rings. The molecule has 2 aromatic rings. The first kappa shape index (κ1) is 27.3. The molecule has 0 fully saturated rings. The molecule has 0 bridgehead atoms. The lowest BCUT2D eigenvalue weighted by Gasteiger charge is -2.19. The van der Waals surface area contributed by atoms with Crippen molar-refractivity contribution in [3.05, 3.63) is 92.7 Å². The maximum absolute atomic E-state index is 14.7. The fraction of sp³-hybridized carbons (Fsp3) is 0.0833. The predicted octanol–water partition coefficient (Wildman–Crippen LogP) is 4.89. The highest BCUT2D eigenvalue weighted by atomic mass is 19.4. The average Bonchev–Trinajstić information content (AvgIpc) is 3.40. The number of hydrogen-bond acceptors (Lipinski definition) is 8. The van der Waals surface area contributed by atoms with Gasteiger partial charge in [0.1, 0.15) is 35.4 Å². The third-order valence-electron chi connectivity index (χ3n) is 5.45. The molecular formula is C24H4F8N8. The van der Waals surface area contributed by atoms with Gasteiger partial charge in [-0.15, -0.1) is 0 Å². The van der Waals surface area contributed by atoms with Crippen LogP contribution in [0.1, 0.15) is 11.6 Å². The third kappa shape index (κ3) is 4.24. The fourth-order valence-corrected chi connectivity index (χ4v) is 4.17. The van der Waals surface area contributed by atoms with E-state index in [0.717, 1.165) is 0 Å². The zero-order valence-corrected chi connectivity index (χ0v) is 18.9. The number of nitrogens with zero attached hydrogens (tertiary/aromatic N) is 8. The quantitative estimate of drug-likeness (QED) is 0.375. The van der Waals surface area contributed by atoms with Gasteiger partial charge in [0, 0.05) is 33.4 Å². The predicted molar refractivity (Wildman–Crippen MR) is 113 cm³/mol. The number of nitriles is 4. The first-order valence-electron chi connectivity index (χ1n) is 10.2. The molecule has 0 aromatic carbocycles. The van der Waals surface area contributed by atoms with Gasteiger partial charge in [-0.2, -0.15) is 47.4 Å². The Hall–Kier alpha value is -5.74. The molecular weight excluding hydrogens is 552 g/mol. The largest absolute Gasteiger partial charge is 0.417 e. The lowest BCUT2D eigenvalue weighted by molar-refractivity contribution is -0.0902. The van der Waals surface area contributed by atoms with E-state index in [1.54, 1.807) is 0 Å². The van der Waals surface area contributed by atoms with E-state index in [1.807, 2.05) is 0 Å². The van der Waals surface area contributed by atoms with Crippen molar-refractivity contribution < 1.29 is 35.1 Å². The Bertz CT molecular complexity index is 1630. The van der Waals surface area contributed by atoms with Crippen molar-refractivity contribution in [1.82, 2.24) is 19.9 Å². The van der Waals surface area contributed by atoms with E-state index in [2.05, 4.69) is 19.9 Å². The zero-order chi connectivity index (χ0) is 29.6. The van der Waals surface area contributed by atoms with Crippen LogP contribution in [-0.4, -0.2) is 32.3 Å².